The van der Waals surface area contributed by atoms with E-state index in [1.54, 1.807) is 6.07 Å². The van der Waals surface area contributed by atoms with Gasteiger partial charge in [0.15, 0.2) is 0 Å². The molecule has 0 fully saturated rings. The largest absolute Gasteiger partial charge is 0.376 e. The van der Waals surface area contributed by atoms with Crippen LogP contribution in [0, 0.1) is 5.82 Å². The van der Waals surface area contributed by atoms with Crippen molar-refractivity contribution in [3.05, 3.63) is 24.0 Å². The molecule has 72 valence electrons. The summed E-state index contributed by atoms with van der Waals surface area (Å²) in [5.41, 5.74) is 1.90. The van der Waals surface area contributed by atoms with Crippen molar-refractivity contribution < 1.29 is 4.39 Å². The van der Waals surface area contributed by atoms with Crippen LogP contribution in [0.5, 0.6) is 0 Å². The molecule has 4 heteroatoms. The van der Waals surface area contributed by atoms with Gasteiger partial charge in [-0.15, -0.1) is 0 Å². The Bertz CT molecular complexity index is 414. The van der Waals surface area contributed by atoms with Gasteiger partial charge in [0.2, 0.25) is 0 Å². The maximum Gasteiger partial charge on any atom is 0.125 e. The van der Waals surface area contributed by atoms with E-state index < -0.39 is 0 Å². The lowest BCUT2D eigenvalue weighted by Gasteiger charge is -2.29. The summed E-state index contributed by atoms with van der Waals surface area (Å²) in [5, 5.41) is 3.16. The average molecular weight is 191 g/mol. The lowest BCUT2D eigenvalue weighted by Crippen LogP contribution is -2.37. The first kappa shape index (κ1) is 7.79. The van der Waals surface area contributed by atoms with Gasteiger partial charge in [0.1, 0.15) is 11.7 Å². The summed E-state index contributed by atoms with van der Waals surface area (Å²) in [5.74, 6) is 0.861. The zero-order chi connectivity index (χ0) is 9.54. The second-order valence-corrected chi connectivity index (χ2v) is 3.46. The van der Waals surface area contributed by atoms with Crippen LogP contribution in [0.15, 0.2) is 23.2 Å². The second-order valence-electron chi connectivity index (χ2n) is 3.46. The van der Waals surface area contributed by atoms with E-state index in [0.717, 1.165) is 30.3 Å². The highest BCUT2D eigenvalue weighted by Gasteiger charge is 2.25. The number of amidine groups is 1. The summed E-state index contributed by atoms with van der Waals surface area (Å²) in [7, 11) is 0. The van der Waals surface area contributed by atoms with Crippen molar-refractivity contribution in [1.82, 2.24) is 0 Å². The molecule has 0 saturated heterocycles. The van der Waals surface area contributed by atoms with Crippen molar-refractivity contribution in [2.45, 2.75) is 0 Å². The number of fused-ring (bicyclic) bond motifs is 3. The molecule has 2 aliphatic rings. The van der Waals surface area contributed by atoms with Gasteiger partial charge in [0.05, 0.1) is 24.5 Å². The summed E-state index contributed by atoms with van der Waals surface area (Å²) in [4.78, 5) is 6.51. The molecule has 0 aromatic heterocycles. The summed E-state index contributed by atoms with van der Waals surface area (Å²) >= 11 is 0. The fraction of sp³-hybridized carbons (Fsp3) is 0.300. The van der Waals surface area contributed by atoms with Gasteiger partial charge < -0.3 is 10.2 Å². The molecule has 2 heterocycles. The molecular formula is C10H10FN3. The smallest absolute Gasteiger partial charge is 0.125 e. The molecule has 0 bridgehead atoms. The van der Waals surface area contributed by atoms with Gasteiger partial charge >= 0.3 is 0 Å². The van der Waals surface area contributed by atoms with E-state index in [2.05, 4.69) is 15.2 Å². The number of hydrogen-bond donors (Lipinski definition) is 1. The number of halogens is 1. The molecule has 1 N–H and O–H groups in total. The number of aliphatic imine (C=N–C) groups is 1. The van der Waals surface area contributed by atoms with Gasteiger partial charge in [-0.1, -0.05) is 0 Å². The Balaban J connectivity index is 2.11. The van der Waals surface area contributed by atoms with Crippen LogP contribution in [0.4, 0.5) is 15.8 Å². The van der Waals surface area contributed by atoms with Gasteiger partial charge in [0, 0.05) is 6.54 Å². The molecule has 0 radical (unpaired) electrons. The first-order chi connectivity index (χ1) is 6.84. The molecule has 0 unspecified atom stereocenters. The number of benzene rings is 1. The van der Waals surface area contributed by atoms with E-state index in [9.17, 15) is 4.39 Å². The normalized spacial score (nSPS) is 18.4. The minimum atomic E-state index is -0.198. The van der Waals surface area contributed by atoms with Crippen molar-refractivity contribution in [2.24, 2.45) is 4.99 Å². The molecule has 0 spiro atoms. The Morgan fingerprint density at radius 1 is 1.43 bits per heavy atom. The second kappa shape index (κ2) is 2.70. The lowest BCUT2D eigenvalue weighted by molar-refractivity contribution is 0.628. The van der Waals surface area contributed by atoms with E-state index >= 15 is 0 Å². The number of anilines is 2. The molecule has 0 saturated carbocycles. The van der Waals surface area contributed by atoms with Crippen molar-refractivity contribution in [3.63, 3.8) is 0 Å². The fourth-order valence-corrected chi connectivity index (χ4v) is 1.96. The quantitative estimate of drug-likeness (QED) is 0.672. The predicted octanol–water partition coefficient (Wildman–Crippen LogP) is 1.47. The molecule has 0 atom stereocenters. The maximum atomic E-state index is 12.9. The van der Waals surface area contributed by atoms with E-state index in [-0.39, 0.29) is 5.82 Å². The van der Waals surface area contributed by atoms with Crippen LogP contribution in [-0.2, 0) is 0 Å². The number of rotatable bonds is 0. The molecule has 2 aliphatic heterocycles. The molecule has 1 aromatic carbocycles. The van der Waals surface area contributed by atoms with Gasteiger partial charge in [0.25, 0.3) is 0 Å². The average Bonchev–Trinajstić information content (AvgIpc) is 2.65. The van der Waals surface area contributed by atoms with Crippen molar-refractivity contribution in [1.29, 1.82) is 0 Å². The van der Waals surface area contributed by atoms with E-state index in [1.165, 1.54) is 12.1 Å². The van der Waals surface area contributed by atoms with Crippen LogP contribution in [0.1, 0.15) is 0 Å². The van der Waals surface area contributed by atoms with E-state index in [4.69, 9.17) is 0 Å². The van der Waals surface area contributed by atoms with Crippen molar-refractivity contribution in [3.8, 4) is 0 Å². The van der Waals surface area contributed by atoms with E-state index in [0.29, 0.717) is 6.54 Å². The van der Waals surface area contributed by atoms with Crippen LogP contribution in [0.2, 0.25) is 0 Å². The Kier molecular flexibility index (Phi) is 1.50. The third kappa shape index (κ3) is 0.999. The molecule has 14 heavy (non-hydrogen) atoms. The highest BCUT2D eigenvalue weighted by Crippen LogP contribution is 2.31. The molecule has 0 amide bonds. The Hall–Kier alpha value is -1.58. The first-order valence-corrected chi connectivity index (χ1v) is 4.69. The predicted molar refractivity (Wildman–Crippen MR) is 54.5 cm³/mol. The topological polar surface area (TPSA) is 27.6 Å². The minimum Gasteiger partial charge on any atom is -0.376 e. The Morgan fingerprint density at radius 3 is 3.29 bits per heavy atom. The Morgan fingerprint density at radius 2 is 2.36 bits per heavy atom. The molecule has 1 aromatic rings. The summed E-state index contributed by atoms with van der Waals surface area (Å²) < 4.78 is 12.9. The van der Waals surface area contributed by atoms with Gasteiger partial charge in [-0.25, -0.2) is 4.39 Å². The number of nitrogens with zero attached hydrogens (tertiary/aromatic N) is 2. The van der Waals surface area contributed by atoms with Crippen LogP contribution in [-0.4, -0.2) is 25.5 Å². The molecular weight excluding hydrogens is 181 g/mol. The fourth-order valence-electron chi connectivity index (χ4n) is 1.96. The van der Waals surface area contributed by atoms with Crippen LogP contribution in [0.3, 0.4) is 0 Å². The highest BCUT2D eigenvalue weighted by atomic mass is 19.1. The third-order valence-corrected chi connectivity index (χ3v) is 2.62. The van der Waals surface area contributed by atoms with Crippen molar-refractivity contribution >= 4 is 17.2 Å². The highest BCUT2D eigenvalue weighted by molar-refractivity contribution is 6.07. The third-order valence-electron chi connectivity index (χ3n) is 2.62. The monoisotopic (exact) mass is 191 g/mol. The number of hydrogen-bond acceptors (Lipinski definition) is 3. The zero-order valence-electron chi connectivity index (χ0n) is 7.63. The first-order valence-electron chi connectivity index (χ1n) is 4.69. The van der Waals surface area contributed by atoms with Gasteiger partial charge in [-0.2, -0.15) is 0 Å². The van der Waals surface area contributed by atoms with E-state index in [1.807, 2.05) is 0 Å². The van der Waals surface area contributed by atoms with Crippen molar-refractivity contribution in [2.75, 3.05) is 29.9 Å². The molecule has 3 nitrogen and oxygen atoms in total. The molecule has 0 aliphatic carbocycles. The van der Waals surface area contributed by atoms with Gasteiger partial charge in [-0.05, 0) is 18.2 Å². The SMILES string of the molecule is Fc1ccc2c(c1)NCC1=NCCN12. The lowest BCUT2D eigenvalue weighted by atomic mass is 10.2. The Labute approximate surface area is 81.3 Å². The van der Waals surface area contributed by atoms with Crippen LogP contribution >= 0.6 is 0 Å². The minimum absolute atomic E-state index is 0.198. The number of nitrogens with one attached hydrogen (secondary N) is 1. The standard InChI is InChI=1S/C10H10FN3/c11-7-1-2-9-8(5-7)13-6-10-12-3-4-14(9)10/h1-2,5,13H,3-4,6H2. The molecule has 3 rings (SSSR count). The zero-order valence-corrected chi connectivity index (χ0v) is 7.63. The summed E-state index contributed by atoms with van der Waals surface area (Å²) in [6, 6.07) is 4.82. The maximum absolute atomic E-state index is 12.9. The summed E-state index contributed by atoms with van der Waals surface area (Å²) in [6.07, 6.45) is 0. The summed E-state index contributed by atoms with van der Waals surface area (Å²) in [6.45, 7) is 2.46. The van der Waals surface area contributed by atoms with Crippen LogP contribution in [0.25, 0.3) is 0 Å². The van der Waals surface area contributed by atoms with Gasteiger partial charge in [-0.3, -0.25) is 4.99 Å². The van der Waals surface area contributed by atoms with Crippen LogP contribution < -0.4 is 10.2 Å².